The molecule has 50 valence electrons. The monoisotopic (exact) mass is 135 g/mol. The van der Waals surface area contributed by atoms with E-state index in [1.54, 1.807) is 12.4 Å². The van der Waals surface area contributed by atoms with Gasteiger partial charge in [-0.1, -0.05) is 0 Å². The van der Waals surface area contributed by atoms with Crippen molar-refractivity contribution in [1.29, 1.82) is 0 Å². The summed E-state index contributed by atoms with van der Waals surface area (Å²) in [5.41, 5.74) is 6.90. The second-order valence-electron chi connectivity index (χ2n) is 1.91. The number of nitrogen functional groups attached to an aromatic ring is 1. The van der Waals surface area contributed by atoms with Crippen LogP contribution >= 0.6 is 0 Å². The summed E-state index contributed by atoms with van der Waals surface area (Å²) in [6, 6.07) is 0. The van der Waals surface area contributed by atoms with E-state index < -0.39 is 0 Å². The van der Waals surface area contributed by atoms with Crippen molar-refractivity contribution in [2.24, 2.45) is 0 Å². The number of aromatic amines is 1. The van der Waals surface area contributed by atoms with Gasteiger partial charge in [-0.05, 0) is 0 Å². The lowest BCUT2D eigenvalue weighted by Crippen LogP contribution is -1.95. The molecule has 3 N–H and O–H groups in total. The second-order valence-corrected chi connectivity index (χ2v) is 1.91. The van der Waals surface area contributed by atoms with Crippen molar-refractivity contribution in [2.75, 3.05) is 5.73 Å². The third-order valence-electron chi connectivity index (χ3n) is 1.22. The fourth-order valence-corrected chi connectivity index (χ4v) is 0.761. The Bertz CT molecular complexity index is 314. The average Bonchev–Trinajstić information content (AvgIpc) is 2.33. The smallest absolute Gasteiger partial charge is 0.197 e. The number of aromatic nitrogens is 4. The van der Waals surface area contributed by atoms with E-state index in [0.717, 1.165) is 11.4 Å². The molecule has 2 aliphatic rings. The Hall–Kier alpha value is -1.65. The molecule has 5 nitrogen and oxygen atoms in total. The van der Waals surface area contributed by atoms with Crippen LogP contribution < -0.4 is 5.73 Å². The van der Waals surface area contributed by atoms with Gasteiger partial charge in [0.2, 0.25) is 0 Å². The maximum atomic E-state index is 5.36. The van der Waals surface area contributed by atoms with Gasteiger partial charge in [0.1, 0.15) is 5.69 Å². The van der Waals surface area contributed by atoms with Crippen molar-refractivity contribution >= 4 is 5.95 Å². The average molecular weight is 135 g/mol. The minimum atomic E-state index is 0.377. The fraction of sp³-hybridized carbons (Fsp3) is 0. The molecule has 2 rings (SSSR count). The number of nitrogens with zero attached hydrogens (tertiary/aromatic N) is 3. The van der Waals surface area contributed by atoms with Gasteiger partial charge in [-0.15, -0.1) is 5.10 Å². The Kier molecular flexibility index (Phi) is 0.858. The molecule has 0 unspecified atom stereocenters. The standard InChI is InChI=1S/C5H5N5/c6-5-7-1-4-3(9-5)2-8-10-4/h1-2H,(H3,6,7,9). The number of anilines is 1. The van der Waals surface area contributed by atoms with Gasteiger partial charge < -0.3 is 10.7 Å². The molecular formula is C5H5N5. The van der Waals surface area contributed by atoms with Crippen LogP contribution in [0, 0.1) is 0 Å². The van der Waals surface area contributed by atoms with Crippen LogP contribution in [0.2, 0.25) is 0 Å². The van der Waals surface area contributed by atoms with Crippen LogP contribution in [0.1, 0.15) is 0 Å². The lowest BCUT2D eigenvalue weighted by Gasteiger charge is -1.95. The molecule has 0 aromatic heterocycles. The largest absolute Gasteiger partial charge is 0.369 e. The number of rotatable bonds is 0. The number of hydrogen-bond donors (Lipinski definition) is 2. The first-order valence-corrected chi connectivity index (χ1v) is 2.78. The van der Waals surface area contributed by atoms with Crippen LogP contribution in [0.25, 0.3) is 11.4 Å². The van der Waals surface area contributed by atoms with Gasteiger partial charge in [0.15, 0.2) is 5.95 Å². The van der Waals surface area contributed by atoms with Gasteiger partial charge in [-0.3, -0.25) is 0 Å². The zero-order valence-electron chi connectivity index (χ0n) is 5.07. The fourth-order valence-electron chi connectivity index (χ4n) is 0.761. The molecule has 10 heavy (non-hydrogen) atoms. The minimum absolute atomic E-state index is 0.377. The summed E-state index contributed by atoms with van der Waals surface area (Å²) in [6.07, 6.45) is 3.18. The normalized spacial score (nSPS) is 10.4. The number of H-pyrrole nitrogens is 1. The van der Waals surface area contributed by atoms with Gasteiger partial charge in [-0.2, -0.15) is 5.10 Å². The predicted molar refractivity (Wildman–Crippen MR) is 35.2 cm³/mol. The Morgan fingerprint density at radius 3 is 3.20 bits per heavy atom. The van der Waals surface area contributed by atoms with Crippen molar-refractivity contribution in [3.05, 3.63) is 12.4 Å². The van der Waals surface area contributed by atoms with Crippen molar-refractivity contribution in [3.63, 3.8) is 0 Å². The van der Waals surface area contributed by atoms with Crippen molar-refractivity contribution < 1.29 is 0 Å². The molecule has 0 aromatic rings. The molecule has 0 amide bonds. The molecule has 0 saturated carbocycles. The molecule has 0 bridgehead atoms. The zero-order valence-corrected chi connectivity index (χ0v) is 5.07. The lowest BCUT2D eigenvalue weighted by molar-refractivity contribution is 1.09. The highest BCUT2D eigenvalue weighted by Crippen LogP contribution is 2.13. The molecular weight excluding hydrogens is 130 g/mol. The second kappa shape index (κ2) is 1.66. The number of nitrogens with one attached hydrogen (secondary N) is 1. The van der Waals surface area contributed by atoms with Gasteiger partial charge in [0.05, 0.1) is 18.1 Å². The van der Waals surface area contributed by atoms with Crippen molar-refractivity contribution in [3.8, 4) is 11.4 Å². The molecule has 0 aromatic carbocycles. The number of nitrogens with two attached hydrogens (primary N) is 1. The van der Waals surface area contributed by atoms with E-state index in [0.29, 0.717) is 5.95 Å². The zero-order chi connectivity index (χ0) is 6.97. The third kappa shape index (κ3) is 0.604. The Morgan fingerprint density at radius 1 is 1.40 bits per heavy atom. The maximum absolute atomic E-state index is 5.36. The van der Waals surface area contributed by atoms with Crippen LogP contribution in [0.4, 0.5) is 5.95 Å². The highest BCUT2D eigenvalue weighted by atomic mass is 15.1. The molecule has 2 heterocycles. The molecule has 0 aliphatic carbocycles. The SMILES string of the molecule is Nc1ncc2nncc-2[nH]1. The van der Waals surface area contributed by atoms with E-state index in [1.807, 2.05) is 0 Å². The predicted octanol–water partition coefficient (Wildman–Crippen LogP) is -0.113. The summed E-state index contributed by atoms with van der Waals surface area (Å²) in [7, 11) is 0. The van der Waals surface area contributed by atoms with E-state index in [4.69, 9.17) is 5.73 Å². The molecule has 0 spiro atoms. The summed E-state index contributed by atoms with van der Waals surface area (Å²) in [6.45, 7) is 0. The van der Waals surface area contributed by atoms with Gasteiger partial charge >= 0.3 is 0 Å². The van der Waals surface area contributed by atoms with Gasteiger partial charge in [0, 0.05) is 0 Å². The number of fused-ring (bicyclic) bond motifs is 1. The van der Waals surface area contributed by atoms with E-state index >= 15 is 0 Å². The van der Waals surface area contributed by atoms with Crippen LogP contribution in [0.15, 0.2) is 12.4 Å². The summed E-state index contributed by atoms with van der Waals surface area (Å²) >= 11 is 0. The summed E-state index contributed by atoms with van der Waals surface area (Å²) in [5, 5.41) is 7.43. The van der Waals surface area contributed by atoms with E-state index in [2.05, 4.69) is 20.2 Å². The first kappa shape index (κ1) is 5.16. The van der Waals surface area contributed by atoms with Crippen LogP contribution in [-0.2, 0) is 0 Å². The van der Waals surface area contributed by atoms with E-state index in [-0.39, 0.29) is 0 Å². The maximum Gasteiger partial charge on any atom is 0.197 e. The third-order valence-corrected chi connectivity index (χ3v) is 1.22. The van der Waals surface area contributed by atoms with Crippen LogP contribution in [0.3, 0.4) is 0 Å². The summed E-state index contributed by atoms with van der Waals surface area (Å²) in [5.74, 6) is 0.377. The quantitative estimate of drug-likeness (QED) is 0.528. The summed E-state index contributed by atoms with van der Waals surface area (Å²) < 4.78 is 0. The van der Waals surface area contributed by atoms with E-state index in [9.17, 15) is 0 Å². The number of hydrogen-bond acceptors (Lipinski definition) is 4. The van der Waals surface area contributed by atoms with Crippen LogP contribution in [-0.4, -0.2) is 20.2 Å². The first-order chi connectivity index (χ1) is 4.86. The Morgan fingerprint density at radius 2 is 2.30 bits per heavy atom. The highest BCUT2D eigenvalue weighted by Gasteiger charge is 2.03. The Labute approximate surface area is 56.6 Å². The molecule has 2 aliphatic heterocycles. The van der Waals surface area contributed by atoms with Crippen molar-refractivity contribution in [2.45, 2.75) is 0 Å². The lowest BCUT2D eigenvalue weighted by atomic mass is 10.4. The van der Waals surface area contributed by atoms with Gasteiger partial charge in [0.25, 0.3) is 0 Å². The van der Waals surface area contributed by atoms with E-state index in [1.165, 1.54) is 0 Å². The van der Waals surface area contributed by atoms with Gasteiger partial charge in [-0.25, -0.2) is 4.98 Å². The molecule has 0 atom stereocenters. The molecule has 0 fully saturated rings. The highest BCUT2D eigenvalue weighted by molar-refractivity contribution is 5.53. The molecule has 0 saturated heterocycles. The molecule has 5 heteroatoms. The topological polar surface area (TPSA) is 80.5 Å². The van der Waals surface area contributed by atoms with Crippen molar-refractivity contribution in [1.82, 2.24) is 20.2 Å². The molecule has 0 radical (unpaired) electrons. The summed E-state index contributed by atoms with van der Waals surface area (Å²) in [4.78, 5) is 6.61. The Balaban J connectivity index is 2.75. The minimum Gasteiger partial charge on any atom is -0.369 e. The first-order valence-electron chi connectivity index (χ1n) is 2.78. The van der Waals surface area contributed by atoms with Crippen LogP contribution in [0.5, 0.6) is 0 Å².